The maximum atomic E-state index is 12.3. The van der Waals surface area contributed by atoms with E-state index in [2.05, 4.69) is 10.1 Å². The number of hydrogen-bond acceptors (Lipinski definition) is 3. The normalized spacial score (nSPS) is 21.2. The number of halogens is 3. The highest BCUT2D eigenvalue weighted by Gasteiger charge is 2.31. The zero-order valence-electron chi connectivity index (χ0n) is 13.5. The Morgan fingerprint density at radius 1 is 1.12 bits per heavy atom. The summed E-state index contributed by atoms with van der Waals surface area (Å²) in [6.45, 7) is -1.40. The quantitative estimate of drug-likeness (QED) is 0.790. The lowest BCUT2D eigenvalue weighted by Gasteiger charge is -2.23. The molecule has 0 bridgehead atoms. The molecule has 2 N–H and O–H groups in total. The van der Waals surface area contributed by atoms with E-state index in [0.717, 1.165) is 19.3 Å². The van der Waals surface area contributed by atoms with Crippen molar-refractivity contribution in [3.8, 4) is 5.75 Å². The Balaban J connectivity index is 1.98. The zero-order valence-corrected chi connectivity index (χ0v) is 13.5. The molecule has 0 radical (unpaired) electrons. The van der Waals surface area contributed by atoms with E-state index in [4.69, 9.17) is 0 Å². The summed E-state index contributed by atoms with van der Waals surface area (Å²) < 4.78 is 40.9. The van der Waals surface area contributed by atoms with E-state index in [1.165, 1.54) is 24.3 Å². The number of carboxylic acids is 1. The highest BCUT2D eigenvalue weighted by molar-refractivity contribution is 5.94. The van der Waals surface area contributed by atoms with Crippen molar-refractivity contribution in [2.75, 3.05) is 6.61 Å². The van der Waals surface area contributed by atoms with Gasteiger partial charge in [0.2, 0.25) is 0 Å². The largest absolute Gasteiger partial charge is 0.484 e. The standard InChI is InChI=1S/C17H20F3NO4/c18-17(19,20)10-25-12-8-6-11(7-9-12)15(22)21-14-5-3-1-2-4-13(14)16(23)24/h6-9,13-14H,1-5,10H2,(H,21,22)(H,23,24)/t13-,14+/m1/s1. The first-order chi connectivity index (χ1) is 11.8. The molecule has 5 nitrogen and oxygen atoms in total. The van der Waals surface area contributed by atoms with Gasteiger partial charge in [-0.1, -0.05) is 19.3 Å². The fraction of sp³-hybridized carbons (Fsp3) is 0.529. The minimum absolute atomic E-state index is 0.00625. The molecule has 0 aromatic heterocycles. The molecule has 1 aromatic rings. The lowest BCUT2D eigenvalue weighted by atomic mass is 9.94. The first kappa shape index (κ1) is 19.1. The van der Waals surface area contributed by atoms with Crippen molar-refractivity contribution < 1.29 is 32.6 Å². The van der Waals surface area contributed by atoms with Crippen LogP contribution >= 0.6 is 0 Å². The number of carbonyl (C=O) groups excluding carboxylic acids is 1. The molecule has 8 heteroatoms. The van der Waals surface area contributed by atoms with Crippen LogP contribution in [0.15, 0.2) is 24.3 Å². The fourth-order valence-electron chi connectivity index (χ4n) is 2.90. The van der Waals surface area contributed by atoms with Gasteiger partial charge in [-0.05, 0) is 37.1 Å². The Bertz CT molecular complexity index is 601. The van der Waals surface area contributed by atoms with E-state index < -0.39 is 36.6 Å². The number of carbonyl (C=O) groups is 2. The van der Waals surface area contributed by atoms with Crippen LogP contribution in [0.3, 0.4) is 0 Å². The molecular weight excluding hydrogens is 339 g/mol. The molecule has 138 valence electrons. The number of carboxylic acid groups (broad SMARTS) is 1. The van der Waals surface area contributed by atoms with E-state index in [0.29, 0.717) is 12.8 Å². The van der Waals surface area contributed by atoms with Gasteiger partial charge in [-0.2, -0.15) is 13.2 Å². The molecular formula is C17H20F3NO4. The maximum Gasteiger partial charge on any atom is 0.422 e. The van der Waals surface area contributed by atoms with Crippen LogP contribution in [-0.2, 0) is 4.79 Å². The minimum atomic E-state index is -4.43. The van der Waals surface area contributed by atoms with Gasteiger partial charge in [0.15, 0.2) is 6.61 Å². The molecule has 2 atom stereocenters. The fourth-order valence-corrected chi connectivity index (χ4v) is 2.90. The number of amides is 1. The lowest BCUT2D eigenvalue weighted by Crippen LogP contribution is -2.42. The van der Waals surface area contributed by atoms with Crippen LogP contribution in [0.5, 0.6) is 5.75 Å². The highest BCUT2D eigenvalue weighted by atomic mass is 19.4. The summed E-state index contributed by atoms with van der Waals surface area (Å²) >= 11 is 0. The van der Waals surface area contributed by atoms with E-state index in [1.807, 2.05) is 0 Å². The molecule has 0 heterocycles. The van der Waals surface area contributed by atoms with Gasteiger partial charge in [0.05, 0.1) is 5.92 Å². The second kappa shape index (κ2) is 8.22. The van der Waals surface area contributed by atoms with Crippen LogP contribution in [0.2, 0.25) is 0 Å². The Kier molecular flexibility index (Phi) is 6.27. The van der Waals surface area contributed by atoms with Crippen molar-refractivity contribution >= 4 is 11.9 Å². The number of aliphatic carboxylic acids is 1. The average molecular weight is 359 g/mol. The van der Waals surface area contributed by atoms with Crippen LogP contribution in [0, 0.1) is 5.92 Å². The molecule has 0 saturated heterocycles. The molecule has 1 fully saturated rings. The van der Waals surface area contributed by atoms with Crippen LogP contribution in [-0.4, -0.2) is 35.8 Å². The molecule has 0 unspecified atom stereocenters. The Morgan fingerprint density at radius 2 is 1.76 bits per heavy atom. The Morgan fingerprint density at radius 3 is 2.36 bits per heavy atom. The van der Waals surface area contributed by atoms with Crippen molar-refractivity contribution in [1.29, 1.82) is 0 Å². The summed E-state index contributed by atoms with van der Waals surface area (Å²) in [5.74, 6) is -1.99. The molecule has 1 aromatic carbocycles. The van der Waals surface area contributed by atoms with Gasteiger partial charge in [0.25, 0.3) is 5.91 Å². The van der Waals surface area contributed by atoms with E-state index in [9.17, 15) is 27.9 Å². The third-order valence-electron chi connectivity index (χ3n) is 4.17. The van der Waals surface area contributed by atoms with E-state index >= 15 is 0 Å². The first-order valence-electron chi connectivity index (χ1n) is 8.09. The van der Waals surface area contributed by atoms with Crippen molar-refractivity contribution in [3.05, 3.63) is 29.8 Å². The van der Waals surface area contributed by atoms with Gasteiger partial charge < -0.3 is 15.2 Å². The summed E-state index contributed by atoms with van der Waals surface area (Å²) in [4.78, 5) is 23.7. The highest BCUT2D eigenvalue weighted by Crippen LogP contribution is 2.24. The van der Waals surface area contributed by atoms with Crippen molar-refractivity contribution in [2.24, 2.45) is 5.92 Å². The molecule has 1 amide bonds. The second-order valence-corrected chi connectivity index (χ2v) is 6.09. The summed E-state index contributed by atoms with van der Waals surface area (Å²) in [6.07, 6.45) is -0.726. The molecule has 1 aliphatic rings. The maximum absolute atomic E-state index is 12.3. The Labute approximate surface area is 143 Å². The van der Waals surface area contributed by atoms with Gasteiger partial charge in [0, 0.05) is 11.6 Å². The number of ether oxygens (including phenoxy) is 1. The number of rotatable bonds is 5. The van der Waals surface area contributed by atoms with Crippen LogP contribution < -0.4 is 10.1 Å². The van der Waals surface area contributed by atoms with Crippen LogP contribution in [0.1, 0.15) is 42.5 Å². The molecule has 2 rings (SSSR count). The predicted molar refractivity (Wildman–Crippen MR) is 83.5 cm³/mol. The molecule has 25 heavy (non-hydrogen) atoms. The molecule has 0 spiro atoms. The van der Waals surface area contributed by atoms with E-state index in [-0.39, 0.29) is 11.3 Å². The predicted octanol–water partition coefficient (Wildman–Crippen LogP) is 3.39. The average Bonchev–Trinajstić information content (AvgIpc) is 2.78. The third-order valence-corrected chi connectivity index (χ3v) is 4.17. The monoisotopic (exact) mass is 359 g/mol. The summed E-state index contributed by atoms with van der Waals surface area (Å²) in [7, 11) is 0. The van der Waals surface area contributed by atoms with Crippen LogP contribution in [0.25, 0.3) is 0 Å². The van der Waals surface area contributed by atoms with Gasteiger partial charge in [-0.3, -0.25) is 9.59 Å². The summed E-state index contributed by atoms with van der Waals surface area (Å²) in [5.41, 5.74) is 0.243. The molecule has 1 saturated carbocycles. The van der Waals surface area contributed by atoms with Gasteiger partial charge in [0.1, 0.15) is 5.75 Å². The lowest BCUT2D eigenvalue weighted by molar-refractivity contribution is -0.153. The van der Waals surface area contributed by atoms with Crippen LogP contribution in [0.4, 0.5) is 13.2 Å². The summed E-state index contributed by atoms with van der Waals surface area (Å²) in [6, 6.07) is 4.82. The first-order valence-corrected chi connectivity index (χ1v) is 8.09. The number of nitrogens with one attached hydrogen (secondary N) is 1. The minimum Gasteiger partial charge on any atom is -0.484 e. The SMILES string of the molecule is O=C(N[C@H]1CCCCC[C@H]1C(=O)O)c1ccc(OCC(F)(F)F)cc1. The van der Waals surface area contributed by atoms with Gasteiger partial charge in [-0.15, -0.1) is 0 Å². The molecule has 0 aliphatic heterocycles. The Hall–Kier alpha value is -2.25. The summed E-state index contributed by atoms with van der Waals surface area (Å²) in [5, 5.41) is 12.1. The van der Waals surface area contributed by atoms with Crippen molar-refractivity contribution in [2.45, 2.75) is 44.3 Å². The van der Waals surface area contributed by atoms with Gasteiger partial charge >= 0.3 is 12.1 Å². The smallest absolute Gasteiger partial charge is 0.422 e. The number of benzene rings is 1. The molecule has 1 aliphatic carbocycles. The third kappa shape index (κ3) is 5.95. The second-order valence-electron chi connectivity index (χ2n) is 6.09. The van der Waals surface area contributed by atoms with Crippen molar-refractivity contribution in [1.82, 2.24) is 5.32 Å². The van der Waals surface area contributed by atoms with Gasteiger partial charge in [-0.25, -0.2) is 0 Å². The van der Waals surface area contributed by atoms with Crippen molar-refractivity contribution in [3.63, 3.8) is 0 Å². The van der Waals surface area contributed by atoms with E-state index in [1.54, 1.807) is 0 Å². The topological polar surface area (TPSA) is 75.6 Å². The number of alkyl halides is 3. The number of hydrogen-bond donors (Lipinski definition) is 2. The zero-order chi connectivity index (χ0) is 18.4.